The van der Waals surface area contributed by atoms with Gasteiger partial charge in [-0.15, -0.1) is 0 Å². The van der Waals surface area contributed by atoms with Crippen LogP contribution in [0.2, 0.25) is 0 Å². The number of carbonyl (C=O) groups excluding carboxylic acids is 2. The Morgan fingerprint density at radius 1 is 1.35 bits per heavy atom. The predicted molar refractivity (Wildman–Crippen MR) is 65.7 cm³/mol. The van der Waals surface area contributed by atoms with Crippen molar-refractivity contribution < 1.29 is 14.3 Å². The van der Waals surface area contributed by atoms with Crippen LogP contribution in [-0.4, -0.2) is 18.4 Å². The van der Waals surface area contributed by atoms with E-state index in [2.05, 4.69) is 0 Å². The fourth-order valence-electron chi connectivity index (χ4n) is 1.71. The summed E-state index contributed by atoms with van der Waals surface area (Å²) >= 11 is 0. The molecule has 0 heterocycles. The topological polar surface area (TPSA) is 43.4 Å². The lowest BCUT2D eigenvalue weighted by Crippen LogP contribution is -2.26. The normalized spacial score (nSPS) is 11.9. The first-order chi connectivity index (χ1) is 8.04. The van der Waals surface area contributed by atoms with E-state index in [1.54, 1.807) is 6.92 Å². The summed E-state index contributed by atoms with van der Waals surface area (Å²) in [5, 5.41) is 0. The van der Waals surface area contributed by atoms with E-state index in [4.69, 9.17) is 4.74 Å². The van der Waals surface area contributed by atoms with E-state index in [0.29, 0.717) is 13.0 Å². The van der Waals surface area contributed by atoms with Crippen LogP contribution < -0.4 is 0 Å². The van der Waals surface area contributed by atoms with Crippen LogP contribution in [-0.2, 0) is 20.7 Å². The van der Waals surface area contributed by atoms with E-state index in [0.717, 1.165) is 11.1 Å². The molecule has 0 N–H and O–H groups in total. The van der Waals surface area contributed by atoms with Gasteiger partial charge in [-0.3, -0.25) is 9.59 Å². The summed E-state index contributed by atoms with van der Waals surface area (Å²) in [6, 6.07) is 7.81. The standard InChI is InChI=1S/C14H18O3/c1-4-17-14(16)13(11(3)15)9-12-7-5-6-10(2)8-12/h5-8,13H,4,9H2,1-3H3. The highest BCUT2D eigenvalue weighted by Gasteiger charge is 2.24. The van der Waals surface area contributed by atoms with Crippen LogP contribution in [0, 0.1) is 12.8 Å². The molecule has 0 bridgehead atoms. The van der Waals surface area contributed by atoms with E-state index >= 15 is 0 Å². The van der Waals surface area contributed by atoms with E-state index in [1.807, 2.05) is 31.2 Å². The second-order valence-electron chi connectivity index (χ2n) is 4.11. The van der Waals surface area contributed by atoms with Crippen LogP contribution >= 0.6 is 0 Å². The summed E-state index contributed by atoms with van der Waals surface area (Å²) in [6.07, 6.45) is 0.413. The van der Waals surface area contributed by atoms with Gasteiger partial charge < -0.3 is 4.74 Å². The number of hydrogen-bond donors (Lipinski definition) is 0. The van der Waals surface area contributed by atoms with Crippen molar-refractivity contribution in [1.82, 2.24) is 0 Å². The van der Waals surface area contributed by atoms with E-state index in [-0.39, 0.29) is 5.78 Å². The molecule has 0 amide bonds. The fraction of sp³-hybridized carbons (Fsp3) is 0.429. The molecule has 1 aromatic carbocycles. The van der Waals surface area contributed by atoms with Crippen molar-refractivity contribution >= 4 is 11.8 Å². The zero-order valence-corrected chi connectivity index (χ0v) is 10.5. The second kappa shape index (κ2) is 6.18. The number of hydrogen-bond acceptors (Lipinski definition) is 3. The lowest BCUT2D eigenvalue weighted by molar-refractivity contribution is -0.151. The zero-order valence-electron chi connectivity index (χ0n) is 10.5. The van der Waals surface area contributed by atoms with Crippen LogP contribution in [0.3, 0.4) is 0 Å². The number of esters is 1. The number of rotatable bonds is 5. The quantitative estimate of drug-likeness (QED) is 0.580. The van der Waals surface area contributed by atoms with Gasteiger partial charge in [0.15, 0.2) is 0 Å². The number of carbonyl (C=O) groups is 2. The van der Waals surface area contributed by atoms with Crippen molar-refractivity contribution in [2.45, 2.75) is 27.2 Å². The number of benzene rings is 1. The van der Waals surface area contributed by atoms with Crippen molar-refractivity contribution in [1.29, 1.82) is 0 Å². The highest BCUT2D eigenvalue weighted by molar-refractivity contribution is 5.98. The van der Waals surface area contributed by atoms with Gasteiger partial charge in [0.25, 0.3) is 0 Å². The first kappa shape index (κ1) is 13.4. The highest BCUT2D eigenvalue weighted by atomic mass is 16.5. The highest BCUT2D eigenvalue weighted by Crippen LogP contribution is 2.13. The van der Waals surface area contributed by atoms with Crippen molar-refractivity contribution in [3.05, 3.63) is 35.4 Å². The van der Waals surface area contributed by atoms with Gasteiger partial charge in [0, 0.05) is 0 Å². The Morgan fingerprint density at radius 3 is 2.59 bits per heavy atom. The van der Waals surface area contributed by atoms with Gasteiger partial charge in [0.05, 0.1) is 6.61 Å². The average Bonchev–Trinajstić information content (AvgIpc) is 2.26. The second-order valence-corrected chi connectivity index (χ2v) is 4.11. The van der Waals surface area contributed by atoms with Gasteiger partial charge in [0.1, 0.15) is 11.7 Å². The summed E-state index contributed by atoms with van der Waals surface area (Å²) in [4.78, 5) is 23.1. The summed E-state index contributed by atoms with van der Waals surface area (Å²) < 4.78 is 4.91. The Hall–Kier alpha value is -1.64. The largest absolute Gasteiger partial charge is 0.465 e. The van der Waals surface area contributed by atoms with E-state index in [1.165, 1.54) is 6.92 Å². The number of ether oxygens (including phenoxy) is 1. The molecule has 17 heavy (non-hydrogen) atoms. The van der Waals surface area contributed by atoms with Crippen molar-refractivity contribution in [2.24, 2.45) is 5.92 Å². The third-order valence-corrected chi connectivity index (χ3v) is 2.58. The number of ketones is 1. The Kier molecular flexibility index (Phi) is 4.88. The molecule has 0 radical (unpaired) electrons. The average molecular weight is 234 g/mol. The van der Waals surface area contributed by atoms with Crippen LogP contribution in [0.5, 0.6) is 0 Å². The van der Waals surface area contributed by atoms with Gasteiger partial charge in [-0.25, -0.2) is 0 Å². The van der Waals surface area contributed by atoms with Gasteiger partial charge >= 0.3 is 5.97 Å². The molecular weight excluding hydrogens is 216 g/mol. The zero-order chi connectivity index (χ0) is 12.8. The first-order valence-electron chi connectivity index (χ1n) is 5.77. The molecule has 1 atom stereocenters. The molecule has 1 unspecified atom stereocenters. The Balaban J connectivity index is 2.80. The number of Topliss-reactive ketones (excluding diaryl/α,β-unsaturated/α-hetero) is 1. The molecule has 3 nitrogen and oxygen atoms in total. The third-order valence-electron chi connectivity index (χ3n) is 2.58. The summed E-state index contributed by atoms with van der Waals surface area (Å²) in [5.41, 5.74) is 2.10. The molecule has 0 aliphatic carbocycles. The van der Waals surface area contributed by atoms with E-state index in [9.17, 15) is 9.59 Å². The maximum atomic E-state index is 11.6. The van der Waals surface area contributed by atoms with Gasteiger partial charge in [-0.05, 0) is 32.8 Å². The molecule has 0 aliphatic heterocycles. The monoisotopic (exact) mass is 234 g/mol. The molecule has 1 rings (SSSR count). The maximum Gasteiger partial charge on any atom is 0.316 e. The summed E-state index contributed by atoms with van der Waals surface area (Å²) in [7, 11) is 0. The molecule has 0 spiro atoms. The molecule has 0 saturated heterocycles. The lowest BCUT2D eigenvalue weighted by Gasteiger charge is -2.12. The van der Waals surface area contributed by atoms with Gasteiger partial charge in [-0.2, -0.15) is 0 Å². The van der Waals surface area contributed by atoms with Crippen LogP contribution in [0.15, 0.2) is 24.3 Å². The Bertz CT molecular complexity index is 410. The Labute approximate surface area is 102 Å². The predicted octanol–water partition coefficient (Wildman–Crippen LogP) is 2.31. The molecule has 0 saturated carbocycles. The minimum absolute atomic E-state index is 0.148. The molecule has 92 valence electrons. The maximum absolute atomic E-state index is 11.6. The SMILES string of the molecule is CCOC(=O)C(Cc1cccc(C)c1)C(C)=O. The molecule has 0 aromatic heterocycles. The van der Waals surface area contributed by atoms with Crippen molar-refractivity contribution in [3.63, 3.8) is 0 Å². The van der Waals surface area contributed by atoms with E-state index < -0.39 is 11.9 Å². The smallest absolute Gasteiger partial charge is 0.316 e. The fourth-order valence-corrected chi connectivity index (χ4v) is 1.71. The van der Waals surface area contributed by atoms with Crippen LogP contribution in [0.1, 0.15) is 25.0 Å². The molecule has 0 aliphatic rings. The Morgan fingerprint density at radius 2 is 2.06 bits per heavy atom. The van der Waals surface area contributed by atoms with Crippen molar-refractivity contribution in [2.75, 3.05) is 6.61 Å². The number of aryl methyl sites for hydroxylation is 1. The minimum atomic E-state index is -0.684. The third kappa shape index (κ3) is 4.02. The minimum Gasteiger partial charge on any atom is -0.465 e. The summed E-state index contributed by atoms with van der Waals surface area (Å²) in [5.74, 6) is -1.26. The summed E-state index contributed by atoms with van der Waals surface area (Å²) in [6.45, 7) is 5.45. The molecular formula is C14H18O3. The first-order valence-corrected chi connectivity index (χ1v) is 5.77. The molecule has 1 aromatic rings. The molecule has 3 heteroatoms. The lowest BCUT2D eigenvalue weighted by atomic mass is 9.95. The molecule has 0 fully saturated rings. The van der Waals surface area contributed by atoms with Crippen molar-refractivity contribution in [3.8, 4) is 0 Å². The van der Waals surface area contributed by atoms with Gasteiger partial charge in [-0.1, -0.05) is 29.8 Å². The van der Waals surface area contributed by atoms with Crippen LogP contribution in [0.25, 0.3) is 0 Å². The van der Waals surface area contributed by atoms with Gasteiger partial charge in [0.2, 0.25) is 0 Å². The van der Waals surface area contributed by atoms with Crippen LogP contribution in [0.4, 0.5) is 0 Å².